The van der Waals surface area contributed by atoms with Gasteiger partial charge in [-0.25, -0.2) is 0 Å². The van der Waals surface area contributed by atoms with Crippen LogP contribution in [0.25, 0.3) is 0 Å². The Bertz CT molecular complexity index is 1240. The van der Waals surface area contributed by atoms with Crippen LogP contribution in [0.5, 0.6) is 5.75 Å². The summed E-state index contributed by atoms with van der Waals surface area (Å²) in [5, 5.41) is 0. The second-order valence-electron chi connectivity index (χ2n) is 10.6. The monoisotopic (exact) mass is 684 g/mol. The first-order valence-corrected chi connectivity index (χ1v) is 14.4. The minimum absolute atomic E-state index is 0. The van der Waals surface area contributed by atoms with Crippen molar-refractivity contribution >= 4 is 21.9 Å². The van der Waals surface area contributed by atoms with Crippen molar-refractivity contribution in [1.29, 1.82) is 0 Å². The molecule has 3 aromatic rings. The van der Waals surface area contributed by atoms with Gasteiger partial charge >= 0.3 is 106 Å². The molecule has 1 amide bonds. The summed E-state index contributed by atoms with van der Waals surface area (Å²) in [6, 6.07) is 16.7. The fourth-order valence-corrected chi connectivity index (χ4v) is 5.78. The Kier molecular flexibility index (Phi) is 14.6. The fourth-order valence-electron chi connectivity index (χ4n) is 5.37. The van der Waals surface area contributed by atoms with Gasteiger partial charge in [-0.05, 0) is 63.8 Å². The van der Waals surface area contributed by atoms with Crippen LogP contribution in [0.4, 0.5) is 11.4 Å². The van der Waals surface area contributed by atoms with Crippen LogP contribution >= 0.6 is 0 Å². The Labute approximate surface area is 269 Å². The van der Waals surface area contributed by atoms with Crippen LogP contribution in [-0.4, -0.2) is 48.7 Å². The van der Waals surface area contributed by atoms with Crippen LogP contribution < -0.4 is 39.4 Å². The first-order valence-electron chi connectivity index (χ1n) is 13.4. The van der Waals surface area contributed by atoms with E-state index in [0.29, 0.717) is 0 Å². The Morgan fingerprint density at radius 2 is 1.27 bits per heavy atom. The van der Waals surface area contributed by atoms with E-state index in [1.165, 1.54) is 49.7 Å². The molecular weight excluding hydrogens is 642 g/mol. The smallest absolute Gasteiger partial charge is 0.0146 e. The number of ether oxygens (including phenoxy) is 1. The van der Waals surface area contributed by atoms with Gasteiger partial charge in [-0.1, -0.05) is 35.4 Å². The fraction of sp³-hybridized carbons (Fsp3) is 0.364. The molecule has 0 aromatic heterocycles. The summed E-state index contributed by atoms with van der Waals surface area (Å²) in [5.74, 6) is 0.684. The van der Waals surface area contributed by atoms with E-state index in [1.807, 2.05) is 28.9 Å². The number of anilines is 2. The number of likely N-dealkylation sites (N-methyl/N-ethyl adjacent to an activating group) is 1. The minimum atomic E-state index is -0.470. The van der Waals surface area contributed by atoms with Crippen LogP contribution in [0.15, 0.2) is 48.5 Å². The molecule has 1 saturated heterocycles. The summed E-state index contributed by atoms with van der Waals surface area (Å²) in [6.07, 6.45) is -0.470. The number of carbonyl (C=O) groups is 1. The summed E-state index contributed by atoms with van der Waals surface area (Å²) in [4.78, 5) is 18.0. The molecule has 4 rings (SSSR count). The maximum absolute atomic E-state index is 11.6. The third-order valence-electron chi connectivity index (χ3n) is 6.83. The van der Waals surface area contributed by atoms with E-state index >= 15 is 0 Å². The van der Waals surface area contributed by atoms with E-state index in [9.17, 15) is 4.79 Å². The Morgan fingerprint density at radius 1 is 0.854 bits per heavy atom. The average Bonchev–Trinajstić information content (AvgIpc) is 3.31. The third-order valence-corrected chi connectivity index (χ3v) is 7.37. The SMILES string of the molecule is CC(Oc1ccccc1[CH]=[Ru+])C(=O)N(C)C.Cc1cc(C)c(N2[CH-]N(c3c(C)cc(C)cc3C)CC2)c(C)c1.[Cl-].[Cl-]. The molecule has 0 aliphatic carbocycles. The van der Waals surface area contributed by atoms with Crippen LogP contribution in [0.1, 0.15) is 45.9 Å². The van der Waals surface area contributed by atoms with Crippen LogP contribution in [-0.2, 0) is 22.6 Å². The van der Waals surface area contributed by atoms with Crippen molar-refractivity contribution in [1.82, 2.24) is 4.90 Å². The number of halogens is 2. The molecule has 5 nitrogen and oxygen atoms in total. The van der Waals surface area contributed by atoms with Gasteiger partial charge in [0.25, 0.3) is 0 Å². The molecule has 1 heterocycles. The van der Waals surface area contributed by atoms with E-state index in [1.54, 1.807) is 21.0 Å². The third kappa shape index (κ3) is 9.30. The normalized spacial score (nSPS) is 12.8. The van der Waals surface area contributed by atoms with E-state index < -0.39 is 6.10 Å². The second kappa shape index (κ2) is 16.3. The zero-order valence-corrected chi connectivity index (χ0v) is 28.8. The van der Waals surface area contributed by atoms with Crippen molar-refractivity contribution in [3.8, 4) is 5.75 Å². The molecule has 8 heteroatoms. The molecule has 0 N–H and O–H groups in total. The molecule has 0 spiro atoms. The van der Waals surface area contributed by atoms with Crippen LogP contribution in [0.2, 0.25) is 0 Å². The van der Waals surface area contributed by atoms with Gasteiger partial charge in [-0.3, -0.25) is 0 Å². The number of rotatable bonds is 6. The van der Waals surface area contributed by atoms with Gasteiger partial charge in [0.15, 0.2) is 0 Å². The number of para-hydroxylation sites is 1. The van der Waals surface area contributed by atoms with Crippen molar-refractivity contribution in [2.75, 3.05) is 37.0 Å². The maximum Gasteiger partial charge on any atom is 0.0146 e. The first kappa shape index (κ1) is 36.6. The molecule has 0 bridgehead atoms. The summed E-state index contributed by atoms with van der Waals surface area (Å²) < 4.78 is 7.52. The number of aryl methyl sites for hydroxylation is 6. The topological polar surface area (TPSA) is 36.0 Å². The van der Waals surface area contributed by atoms with Crippen molar-refractivity contribution in [3.05, 3.63) is 94.1 Å². The van der Waals surface area contributed by atoms with Gasteiger partial charge in [-0.15, -0.1) is 0 Å². The van der Waals surface area contributed by atoms with Gasteiger partial charge < -0.3 is 34.6 Å². The molecule has 0 saturated carbocycles. The Morgan fingerprint density at radius 3 is 1.66 bits per heavy atom. The van der Waals surface area contributed by atoms with E-state index in [2.05, 4.69) is 100 Å². The number of hydrogen-bond acceptors (Lipinski definition) is 4. The minimum Gasteiger partial charge on any atom is -1.00 e. The summed E-state index contributed by atoms with van der Waals surface area (Å²) in [7, 11) is 3.44. The number of hydrogen-bond donors (Lipinski definition) is 0. The van der Waals surface area contributed by atoms with E-state index in [4.69, 9.17) is 4.74 Å². The van der Waals surface area contributed by atoms with Crippen LogP contribution in [0.3, 0.4) is 0 Å². The number of carbonyl (C=O) groups excluding carboxylic acids is 1. The number of amides is 1. The standard InChI is InChI=1S/C21H27N2.C12H15NO2.2ClH.Ru/c1-14-9-16(3)20(17(4)10-14)22-7-8-23(13-22)21-18(5)11-15(2)12-19(21)6;1-9-7-5-6-8-11(9)15-10(2)12(14)13(3)4;;;/h9-13H,7-8H2,1-6H3;1,5-8,10H,2-4H3;2*1H;/q-1;;;;+1/p-2. The summed E-state index contributed by atoms with van der Waals surface area (Å²) >= 11 is 2.44. The molecule has 0 radical (unpaired) electrons. The quantitative estimate of drug-likeness (QED) is 0.276. The van der Waals surface area contributed by atoms with E-state index in [0.717, 1.165) is 24.4 Å². The van der Waals surface area contributed by atoms with Crippen molar-refractivity contribution in [3.63, 3.8) is 0 Å². The molecular formula is C33H42Cl2N3O2Ru-2. The second-order valence-corrected chi connectivity index (χ2v) is 11.1. The molecule has 225 valence electrons. The molecule has 1 fully saturated rings. The van der Waals surface area contributed by atoms with Gasteiger partial charge in [0, 0.05) is 24.5 Å². The predicted octanol–water partition coefficient (Wildman–Crippen LogP) is 0.230. The van der Waals surface area contributed by atoms with Gasteiger partial charge in [0.05, 0.1) is 0 Å². The Hall–Kier alpha value is -2.40. The van der Waals surface area contributed by atoms with Crippen molar-refractivity contribution in [2.45, 2.75) is 54.6 Å². The zero-order valence-electron chi connectivity index (χ0n) is 25.5. The van der Waals surface area contributed by atoms with E-state index in [-0.39, 0.29) is 30.7 Å². The number of nitrogens with zero attached hydrogens (tertiary/aromatic N) is 3. The summed E-state index contributed by atoms with van der Waals surface area (Å²) in [5.41, 5.74) is 11.8. The zero-order chi connectivity index (χ0) is 28.9. The summed E-state index contributed by atoms with van der Waals surface area (Å²) in [6.45, 7) is 19.3. The molecule has 1 unspecified atom stereocenters. The molecule has 41 heavy (non-hydrogen) atoms. The maximum atomic E-state index is 11.6. The van der Waals surface area contributed by atoms with Crippen molar-refractivity contribution < 1.29 is 52.2 Å². The van der Waals surface area contributed by atoms with Crippen molar-refractivity contribution in [2.24, 2.45) is 0 Å². The largest absolute Gasteiger partial charge is 1.00 e. The van der Waals surface area contributed by atoms with Gasteiger partial charge in [0.2, 0.25) is 0 Å². The van der Waals surface area contributed by atoms with Gasteiger partial charge in [0.1, 0.15) is 0 Å². The first-order chi connectivity index (χ1) is 18.4. The average molecular weight is 685 g/mol. The molecule has 1 atom stereocenters. The van der Waals surface area contributed by atoms with Gasteiger partial charge in [-0.2, -0.15) is 6.67 Å². The molecule has 3 aromatic carbocycles. The van der Waals surface area contributed by atoms with Crippen LogP contribution in [0, 0.1) is 48.2 Å². The predicted molar refractivity (Wildman–Crippen MR) is 161 cm³/mol. The number of benzene rings is 3. The molecule has 1 aliphatic rings. The Balaban J connectivity index is 0.000000416. The molecule has 1 aliphatic heterocycles.